The Morgan fingerprint density at radius 3 is 2.45 bits per heavy atom. The fourth-order valence-corrected chi connectivity index (χ4v) is 9.01. The van der Waals surface area contributed by atoms with E-state index in [2.05, 4.69) is 0 Å². The molecule has 0 radical (unpaired) electrons. The Bertz CT molecular complexity index is 460. The van der Waals surface area contributed by atoms with Gasteiger partial charge in [-0.3, -0.25) is 14.2 Å². The average molecular weight is 340 g/mol. The number of hydrogen-bond acceptors (Lipinski definition) is 8. The Morgan fingerprint density at radius 1 is 1.35 bits per heavy atom. The molecule has 2 fully saturated rings. The molecular weight excluding hydrogens is 323 g/mol. The van der Waals surface area contributed by atoms with E-state index in [1.165, 1.54) is 23.5 Å². The molecule has 0 aromatic carbocycles. The van der Waals surface area contributed by atoms with E-state index < -0.39 is 35.2 Å². The van der Waals surface area contributed by atoms with Crippen LogP contribution >= 0.6 is 31.1 Å². The van der Waals surface area contributed by atoms with Crippen LogP contribution in [0, 0.1) is 11.8 Å². The minimum atomic E-state index is -3.56. The van der Waals surface area contributed by atoms with Crippen LogP contribution in [0.2, 0.25) is 0 Å². The number of thioether (sulfide) groups is 2. The predicted octanol–water partition coefficient (Wildman–Crippen LogP) is 2.33. The van der Waals surface area contributed by atoms with Gasteiger partial charge in [0.25, 0.3) is 0 Å². The van der Waals surface area contributed by atoms with Gasteiger partial charge >= 0.3 is 19.5 Å². The molecule has 0 bridgehead atoms. The number of ether oxygens (including phenoxy) is 1. The molecule has 2 aliphatic rings. The molecule has 0 saturated carbocycles. The van der Waals surface area contributed by atoms with Gasteiger partial charge in [0.2, 0.25) is 0 Å². The number of rotatable bonds is 6. The van der Waals surface area contributed by atoms with Crippen LogP contribution in [0.25, 0.3) is 0 Å². The second-order valence-corrected chi connectivity index (χ2v) is 9.70. The second-order valence-electron chi connectivity index (χ2n) is 4.30. The fourth-order valence-electron chi connectivity index (χ4n) is 2.51. The Kier molecular flexibility index (Phi) is 4.91. The molecule has 20 heavy (non-hydrogen) atoms. The highest BCUT2D eigenvalue weighted by Crippen LogP contribution is 2.76. The summed E-state index contributed by atoms with van der Waals surface area (Å²) in [6.07, 6.45) is 1.75. The molecule has 0 spiro atoms. The Hall–Kier alpha value is -0.0100. The first-order chi connectivity index (χ1) is 9.45. The van der Waals surface area contributed by atoms with Crippen molar-refractivity contribution in [2.75, 3.05) is 25.2 Å². The van der Waals surface area contributed by atoms with E-state index in [0.717, 1.165) is 0 Å². The number of fused-ring (bicyclic) bond motifs is 1. The minimum absolute atomic E-state index is 0.209. The number of carbonyl (C=O) groups excluding carboxylic acids is 2. The molecular formula is C11H17O6PS2. The van der Waals surface area contributed by atoms with Crippen LogP contribution in [-0.2, 0) is 27.9 Å². The van der Waals surface area contributed by atoms with Crippen molar-refractivity contribution in [3.63, 3.8) is 0 Å². The molecule has 0 unspecified atom stereocenters. The highest BCUT2D eigenvalue weighted by atomic mass is 32.2. The molecule has 0 aromatic heterocycles. The van der Waals surface area contributed by atoms with Gasteiger partial charge in [0.1, 0.15) is 5.92 Å². The predicted molar refractivity (Wildman–Crippen MR) is 77.6 cm³/mol. The maximum Gasteiger partial charge on any atom is 0.357 e. The molecule has 0 amide bonds. The van der Waals surface area contributed by atoms with Crippen LogP contribution in [0.5, 0.6) is 0 Å². The zero-order valence-corrected chi connectivity index (χ0v) is 14.0. The fraction of sp³-hybridized carbons (Fsp3) is 0.818. The molecule has 0 N–H and O–H groups in total. The normalized spacial score (nSPS) is 33.4. The van der Waals surface area contributed by atoms with E-state index in [4.69, 9.17) is 13.8 Å². The van der Waals surface area contributed by atoms with E-state index in [1.54, 1.807) is 20.1 Å². The van der Waals surface area contributed by atoms with E-state index in [0.29, 0.717) is 5.75 Å². The van der Waals surface area contributed by atoms with Crippen LogP contribution in [0.3, 0.4) is 0 Å². The largest absolute Gasteiger partial charge is 0.393 e. The summed E-state index contributed by atoms with van der Waals surface area (Å²) < 4.78 is 27.6. The number of esters is 2. The van der Waals surface area contributed by atoms with Crippen molar-refractivity contribution in [3.05, 3.63) is 0 Å². The van der Waals surface area contributed by atoms with Crippen LogP contribution < -0.4 is 0 Å². The van der Waals surface area contributed by atoms with Gasteiger partial charge in [-0.1, -0.05) is 0 Å². The molecule has 9 heteroatoms. The summed E-state index contributed by atoms with van der Waals surface area (Å²) in [6.45, 7) is 3.85. The zero-order valence-electron chi connectivity index (χ0n) is 11.5. The maximum absolute atomic E-state index is 13.2. The van der Waals surface area contributed by atoms with Gasteiger partial charge < -0.3 is 13.8 Å². The molecule has 2 rings (SSSR count). The average Bonchev–Trinajstić information content (AvgIpc) is 2.91. The monoisotopic (exact) mass is 340 g/mol. The molecule has 3 atom stereocenters. The highest BCUT2D eigenvalue weighted by Gasteiger charge is 2.69. The van der Waals surface area contributed by atoms with Gasteiger partial charge in [0, 0.05) is 5.75 Å². The minimum Gasteiger partial charge on any atom is -0.393 e. The molecule has 2 heterocycles. The highest BCUT2D eigenvalue weighted by molar-refractivity contribution is 8.25. The second kappa shape index (κ2) is 6.01. The van der Waals surface area contributed by atoms with Crippen molar-refractivity contribution in [1.29, 1.82) is 0 Å². The summed E-state index contributed by atoms with van der Waals surface area (Å²) in [5, 5.41) is 0. The molecule has 0 aliphatic carbocycles. The van der Waals surface area contributed by atoms with E-state index in [-0.39, 0.29) is 13.2 Å². The first-order valence-corrected chi connectivity index (χ1v) is 10.0. The van der Waals surface area contributed by atoms with Crippen molar-refractivity contribution in [2.45, 2.75) is 17.7 Å². The summed E-state index contributed by atoms with van der Waals surface area (Å²) in [5.41, 5.74) is 0. The summed E-state index contributed by atoms with van der Waals surface area (Å²) in [7, 11) is -3.56. The van der Waals surface area contributed by atoms with Crippen molar-refractivity contribution in [3.8, 4) is 0 Å². The molecule has 0 aromatic rings. The van der Waals surface area contributed by atoms with Gasteiger partial charge in [0.05, 0.1) is 19.1 Å². The first kappa shape index (κ1) is 16.4. The topological polar surface area (TPSA) is 78.9 Å². The lowest BCUT2D eigenvalue weighted by Crippen LogP contribution is -2.34. The summed E-state index contributed by atoms with van der Waals surface area (Å²) in [6, 6.07) is 0. The number of hydrogen-bond donors (Lipinski definition) is 0. The Labute approximate surface area is 126 Å². The van der Waals surface area contributed by atoms with E-state index in [1.807, 2.05) is 0 Å². The van der Waals surface area contributed by atoms with Crippen LogP contribution in [0.1, 0.15) is 13.8 Å². The van der Waals surface area contributed by atoms with Crippen LogP contribution in [0.4, 0.5) is 0 Å². The third kappa shape index (κ3) is 2.25. The van der Waals surface area contributed by atoms with Crippen molar-refractivity contribution in [2.24, 2.45) is 11.8 Å². The third-order valence-electron chi connectivity index (χ3n) is 3.30. The van der Waals surface area contributed by atoms with Crippen molar-refractivity contribution < 1.29 is 27.9 Å². The van der Waals surface area contributed by atoms with Gasteiger partial charge in [0.15, 0.2) is 3.82 Å². The van der Waals surface area contributed by atoms with E-state index >= 15 is 0 Å². The molecule has 2 saturated heterocycles. The van der Waals surface area contributed by atoms with Gasteiger partial charge in [-0.15, -0.1) is 23.5 Å². The SMILES string of the molecule is CCOP(=O)(OCC)[C@]1(SC)SC[C@H]2C(=O)OC(=O)[C@H]21. The van der Waals surface area contributed by atoms with Crippen LogP contribution in [0.15, 0.2) is 0 Å². The molecule has 2 aliphatic heterocycles. The lowest BCUT2D eigenvalue weighted by molar-refractivity contribution is -0.153. The third-order valence-corrected chi connectivity index (χ3v) is 10.7. The summed E-state index contributed by atoms with van der Waals surface area (Å²) in [4.78, 5) is 23.7. The standard InChI is InChI=1S/C11H17O6PS2/c1-4-15-18(14,16-5-2)11(19-3)8-7(6-20-11)9(12)17-10(8)13/h7-8H,4-6H2,1-3H3/t7-,8+,11-/m1/s1. The Balaban J connectivity index is 2.45. The van der Waals surface area contributed by atoms with Crippen molar-refractivity contribution >= 4 is 43.1 Å². The summed E-state index contributed by atoms with van der Waals surface area (Å²) >= 11 is 2.55. The Morgan fingerprint density at radius 2 is 1.95 bits per heavy atom. The number of cyclic esters (lactones) is 2. The van der Waals surface area contributed by atoms with Gasteiger partial charge in [-0.2, -0.15) is 0 Å². The molecule has 6 nitrogen and oxygen atoms in total. The molecule has 114 valence electrons. The van der Waals surface area contributed by atoms with Gasteiger partial charge in [-0.25, -0.2) is 0 Å². The smallest absolute Gasteiger partial charge is 0.357 e. The zero-order chi connectivity index (χ0) is 15.0. The number of carbonyl (C=O) groups is 2. The maximum atomic E-state index is 13.2. The lowest BCUT2D eigenvalue weighted by Gasteiger charge is -2.35. The first-order valence-electron chi connectivity index (χ1n) is 6.29. The van der Waals surface area contributed by atoms with E-state index in [9.17, 15) is 14.2 Å². The summed E-state index contributed by atoms with van der Waals surface area (Å²) in [5.74, 6) is -2.12. The van der Waals surface area contributed by atoms with Crippen molar-refractivity contribution in [1.82, 2.24) is 0 Å². The quantitative estimate of drug-likeness (QED) is 0.414. The lowest BCUT2D eigenvalue weighted by atomic mass is 9.99. The van der Waals surface area contributed by atoms with Crippen LogP contribution in [-0.4, -0.2) is 41.0 Å². The van der Waals surface area contributed by atoms with Gasteiger partial charge in [-0.05, 0) is 20.1 Å².